The third-order valence-corrected chi connectivity index (χ3v) is 4.05. The van der Waals surface area contributed by atoms with Gasteiger partial charge in [-0.25, -0.2) is 0 Å². The highest BCUT2D eigenvalue weighted by atomic mass is 16.6. The highest BCUT2D eigenvalue weighted by Crippen LogP contribution is 2.24. The molecule has 2 atom stereocenters. The van der Waals surface area contributed by atoms with Gasteiger partial charge in [0.1, 0.15) is 5.75 Å². The molecule has 0 aliphatic heterocycles. The van der Waals surface area contributed by atoms with Crippen LogP contribution in [0.5, 0.6) is 5.75 Å². The fourth-order valence-corrected chi connectivity index (χ4v) is 2.44. The van der Waals surface area contributed by atoms with Crippen LogP contribution in [0.1, 0.15) is 35.8 Å². The van der Waals surface area contributed by atoms with E-state index in [0.29, 0.717) is 12.1 Å². The first kappa shape index (κ1) is 17.9. The van der Waals surface area contributed by atoms with Gasteiger partial charge in [0, 0.05) is 24.2 Å². The number of hydrogen-bond donors (Lipinski definition) is 2. The van der Waals surface area contributed by atoms with Crippen LogP contribution in [-0.4, -0.2) is 23.7 Å². The molecular weight excluding hydrogens is 308 g/mol. The third-order valence-electron chi connectivity index (χ3n) is 4.05. The zero-order chi connectivity index (χ0) is 17.7. The quantitative estimate of drug-likeness (QED) is 0.601. The van der Waals surface area contributed by atoms with E-state index in [0.717, 1.165) is 16.9 Å². The molecule has 128 valence electrons. The molecule has 0 amide bonds. The molecule has 0 bridgehead atoms. The van der Waals surface area contributed by atoms with Gasteiger partial charge in [0.25, 0.3) is 5.69 Å². The summed E-state index contributed by atoms with van der Waals surface area (Å²) in [5.74, 6) is 0.735. The maximum absolute atomic E-state index is 11.0. The van der Waals surface area contributed by atoms with Gasteiger partial charge in [0.05, 0.1) is 18.1 Å². The first-order chi connectivity index (χ1) is 11.4. The molecule has 0 aliphatic carbocycles. The molecular formula is C18H22N2O4. The maximum atomic E-state index is 11.0. The van der Waals surface area contributed by atoms with Crippen molar-refractivity contribution in [3.63, 3.8) is 0 Å². The number of nitro benzene ring substituents is 1. The molecule has 2 aromatic rings. The minimum absolute atomic E-state index is 0.108. The van der Waals surface area contributed by atoms with Crippen LogP contribution in [0.25, 0.3) is 0 Å². The summed E-state index contributed by atoms with van der Waals surface area (Å²) in [7, 11) is 1.59. The molecule has 0 aliphatic rings. The van der Waals surface area contributed by atoms with Crippen molar-refractivity contribution in [2.24, 2.45) is 0 Å². The monoisotopic (exact) mass is 330 g/mol. The minimum atomic E-state index is -0.668. The van der Waals surface area contributed by atoms with Crippen molar-refractivity contribution in [2.75, 3.05) is 13.7 Å². The number of benzene rings is 2. The Bertz CT molecular complexity index is 701. The average Bonchev–Trinajstić information content (AvgIpc) is 2.59. The molecule has 0 fully saturated rings. The van der Waals surface area contributed by atoms with E-state index in [1.807, 2.05) is 25.1 Å². The van der Waals surface area contributed by atoms with Crippen LogP contribution in [-0.2, 0) is 0 Å². The van der Waals surface area contributed by atoms with Crippen LogP contribution in [0, 0.1) is 17.0 Å². The summed E-state index contributed by atoms with van der Waals surface area (Å²) in [5, 5.41) is 24.5. The van der Waals surface area contributed by atoms with Gasteiger partial charge in [-0.2, -0.15) is 0 Å². The molecule has 0 aromatic heterocycles. The molecule has 2 N–H and O–H groups in total. The molecule has 6 heteroatoms. The predicted molar refractivity (Wildman–Crippen MR) is 92.2 cm³/mol. The van der Waals surface area contributed by atoms with Gasteiger partial charge in [-0.15, -0.1) is 0 Å². The predicted octanol–water partition coefficient (Wildman–Crippen LogP) is 3.30. The molecule has 0 saturated heterocycles. The second kappa shape index (κ2) is 7.90. The lowest BCUT2D eigenvalue weighted by molar-refractivity contribution is -0.385. The van der Waals surface area contributed by atoms with Crippen LogP contribution in [0.15, 0.2) is 42.5 Å². The number of methoxy groups -OCH3 is 1. The fraction of sp³-hybridized carbons (Fsp3) is 0.333. The molecule has 2 rings (SSSR count). The van der Waals surface area contributed by atoms with E-state index in [4.69, 9.17) is 4.74 Å². The normalized spacial score (nSPS) is 13.3. The number of aryl methyl sites for hydroxylation is 1. The Balaban J connectivity index is 2.00. The van der Waals surface area contributed by atoms with Crippen molar-refractivity contribution in [2.45, 2.75) is 26.0 Å². The number of nitrogens with one attached hydrogen (secondary N) is 1. The smallest absolute Gasteiger partial charge is 0.272 e. The van der Waals surface area contributed by atoms with Gasteiger partial charge >= 0.3 is 0 Å². The molecule has 2 unspecified atom stereocenters. The molecule has 24 heavy (non-hydrogen) atoms. The average molecular weight is 330 g/mol. The molecule has 2 aromatic carbocycles. The van der Waals surface area contributed by atoms with E-state index in [1.54, 1.807) is 38.3 Å². The van der Waals surface area contributed by atoms with Crippen LogP contribution in [0.4, 0.5) is 5.69 Å². The number of ether oxygens (including phenoxy) is 1. The van der Waals surface area contributed by atoms with E-state index in [9.17, 15) is 15.2 Å². The van der Waals surface area contributed by atoms with Crippen molar-refractivity contribution in [3.05, 3.63) is 69.3 Å². The topological polar surface area (TPSA) is 84.6 Å². The van der Waals surface area contributed by atoms with Gasteiger partial charge in [0.2, 0.25) is 0 Å². The maximum Gasteiger partial charge on any atom is 0.272 e. The number of aliphatic hydroxyl groups excluding tert-OH is 1. The van der Waals surface area contributed by atoms with E-state index < -0.39 is 6.10 Å². The van der Waals surface area contributed by atoms with Crippen LogP contribution in [0.3, 0.4) is 0 Å². The Morgan fingerprint density at radius 1 is 1.21 bits per heavy atom. The summed E-state index contributed by atoms with van der Waals surface area (Å²) in [4.78, 5) is 10.7. The zero-order valence-electron chi connectivity index (χ0n) is 14.0. The second-order valence-electron chi connectivity index (χ2n) is 5.72. The Morgan fingerprint density at radius 3 is 2.42 bits per heavy atom. The first-order valence-electron chi connectivity index (χ1n) is 7.72. The first-order valence-corrected chi connectivity index (χ1v) is 7.72. The number of aliphatic hydroxyl groups is 1. The fourth-order valence-electron chi connectivity index (χ4n) is 2.44. The van der Waals surface area contributed by atoms with Gasteiger partial charge in [-0.05, 0) is 37.1 Å². The summed E-state index contributed by atoms with van der Waals surface area (Å²) in [6.07, 6.45) is -0.668. The summed E-state index contributed by atoms with van der Waals surface area (Å²) >= 11 is 0. The standard InChI is InChI=1S/C18H22N2O4/c1-12-4-5-15(10-17(12)20(22)23)13(2)19-11-18(21)14-6-8-16(24-3)9-7-14/h4-10,13,18-19,21H,11H2,1-3H3. The number of nitrogens with zero attached hydrogens (tertiary/aromatic N) is 1. The lowest BCUT2D eigenvalue weighted by atomic mass is 10.0. The van der Waals surface area contributed by atoms with Gasteiger partial charge in [0.15, 0.2) is 0 Å². The van der Waals surface area contributed by atoms with Gasteiger partial charge < -0.3 is 15.2 Å². The summed E-state index contributed by atoms with van der Waals surface area (Å²) in [6, 6.07) is 12.3. The number of rotatable bonds is 7. The van der Waals surface area contributed by atoms with Crippen molar-refractivity contribution in [3.8, 4) is 5.75 Å². The van der Waals surface area contributed by atoms with Crippen LogP contribution >= 0.6 is 0 Å². The molecule has 6 nitrogen and oxygen atoms in total. The van der Waals surface area contributed by atoms with Crippen molar-refractivity contribution >= 4 is 5.69 Å². The highest BCUT2D eigenvalue weighted by molar-refractivity contribution is 5.43. The van der Waals surface area contributed by atoms with E-state index in [2.05, 4.69) is 5.32 Å². The van der Waals surface area contributed by atoms with Gasteiger partial charge in [-0.1, -0.05) is 24.3 Å². The highest BCUT2D eigenvalue weighted by Gasteiger charge is 2.15. The largest absolute Gasteiger partial charge is 0.497 e. The summed E-state index contributed by atoms with van der Waals surface area (Å²) in [6.45, 7) is 3.97. The van der Waals surface area contributed by atoms with Crippen LogP contribution < -0.4 is 10.1 Å². The summed E-state index contributed by atoms with van der Waals surface area (Å²) in [5.41, 5.74) is 2.34. The Hall–Kier alpha value is -2.44. The Morgan fingerprint density at radius 2 is 1.83 bits per heavy atom. The summed E-state index contributed by atoms with van der Waals surface area (Å²) < 4.78 is 5.09. The molecule has 0 saturated carbocycles. The van der Waals surface area contributed by atoms with E-state index in [1.165, 1.54) is 0 Å². The zero-order valence-corrected chi connectivity index (χ0v) is 14.0. The molecule has 0 radical (unpaired) electrons. The minimum Gasteiger partial charge on any atom is -0.497 e. The lowest BCUT2D eigenvalue weighted by Gasteiger charge is -2.18. The number of hydrogen-bond acceptors (Lipinski definition) is 5. The second-order valence-corrected chi connectivity index (χ2v) is 5.72. The SMILES string of the molecule is COc1ccc(C(O)CNC(C)c2ccc(C)c([N+](=O)[O-])c2)cc1. The Labute approximate surface area is 141 Å². The van der Waals surface area contributed by atoms with E-state index >= 15 is 0 Å². The molecule has 0 heterocycles. The van der Waals surface area contributed by atoms with Crippen molar-refractivity contribution in [1.82, 2.24) is 5.32 Å². The van der Waals surface area contributed by atoms with Gasteiger partial charge in [-0.3, -0.25) is 10.1 Å². The van der Waals surface area contributed by atoms with Crippen molar-refractivity contribution in [1.29, 1.82) is 0 Å². The third kappa shape index (κ3) is 4.31. The van der Waals surface area contributed by atoms with Crippen molar-refractivity contribution < 1.29 is 14.8 Å². The van der Waals surface area contributed by atoms with E-state index in [-0.39, 0.29) is 16.7 Å². The number of nitro groups is 1. The Kier molecular flexibility index (Phi) is 5.89. The van der Waals surface area contributed by atoms with Crippen LogP contribution in [0.2, 0.25) is 0 Å². The lowest BCUT2D eigenvalue weighted by Crippen LogP contribution is -2.24. The molecule has 0 spiro atoms.